The Bertz CT molecular complexity index is 494. The van der Waals surface area contributed by atoms with E-state index in [-0.39, 0.29) is 37.4 Å². The van der Waals surface area contributed by atoms with Crippen LogP contribution in [0.25, 0.3) is 0 Å². The summed E-state index contributed by atoms with van der Waals surface area (Å²) in [5.74, 6) is -0.323. The first-order valence-electron chi connectivity index (χ1n) is 8.63. The topological polar surface area (TPSA) is 111 Å². The number of hydrogen-bond acceptors (Lipinski definition) is 7. The fourth-order valence-electron chi connectivity index (χ4n) is 2.73. The van der Waals surface area contributed by atoms with Crippen molar-refractivity contribution in [3.05, 3.63) is 0 Å². The van der Waals surface area contributed by atoms with Gasteiger partial charge in [-0.25, -0.2) is 4.79 Å². The van der Waals surface area contributed by atoms with Crippen LogP contribution in [0.1, 0.15) is 27.7 Å². The monoisotopic (exact) mass is 379 g/mol. The number of piperazine rings is 1. The molecular formula is C15H30N3O6P. The molecule has 0 spiro atoms. The van der Waals surface area contributed by atoms with Gasteiger partial charge in [-0.2, -0.15) is 0 Å². The van der Waals surface area contributed by atoms with E-state index in [1.54, 1.807) is 30.6 Å². The van der Waals surface area contributed by atoms with Crippen LogP contribution in [0.5, 0.6) is 0 Å². The zero-order valence-electron chi connectivity index (χ0n) is 15.5. The van der Waals surface area contributed by atoms with Gasteiger partial charge in [-0.05, 0) is 27.7 Å². The summed E-state index contributed by atoms with van der Waals surface area (Å²) in [4.78, 5) is 27.6. The summed E-state index contributed by atoms with van der Waals surface area (Å²) in [7, 11) is -3.39. The second-order valence-corrected chi connectivity index (χ2v) is 7.86. The zero-order chi connectivity index (χ0) is 19.0. The maximum Gasteiger partial charge on any atom is 0.409 e. The van der Waals surface area contributed by atoms with E-state index in [9.17, 15) is 14.2 Å². The number of rotatable bonds is 8. The number of carbonyl (C=O) groups excluding carboxylic acids is 2. The molecule has 0 bridgehead atoms. The van der Waals surface area contributed by atoms with Gasteiger partial charge >= 0.3 is 13.7 Å². The van der Waals surface area contributed by atoms with E-state index in [1.165, 1.54) is 0 Å². The fraction of sp³-hybridized carbons (Fsp3) is 0.867. The van der Waals surface area contributed by atoms with Gasteiger partial charge in [0, 0.05) is 25.7 Å². The molecule has 2 N–H and O–H groups in total. The Kier molecular flexibility index (Phi) is 8.85. The molecule has 1 saturated heterocycles. The van der Waals surface area contributed by atoms with Crippen LogP contribution in [0.4, 0.5) is 4.79 Å². The van der Waals surface area contributed by atoms with Crippen molar-refractivity contribution in [2.45, 2.75) is 39.8 Å². The molecule has 0 radical (unpaired) electrons. The van der Waals surface area contributed by atoms with Crippen LogP contribution >= 0.6 is 7.60 Å². The average Bonchev–Trinajstić information content (AvgIpc) is 2.54. The summed E-state index contributed by atoms with van der Waals surface area (Å²) in [5, 5.41) is 0. The van der Waals surface area contributed by atoms with Gasteiger partial charge in [-0.1, -0.05) is 0 Å². The highest BCUT2D eigenvalue weighted by Gasteiger charge is 2.36. The molecule has 1 rings (SSSR count). The summed E-state index contributed by atoms with van der Waals surface area (Å²) >= 11 is 0. The molecule has 2 atom stereocenters. The van der Waals surface area contributed by atoms with Gasteiger partial charge in [-0.15, -0.1) is 0 Å². The largest absolute Gasteiger partial charge is 0.450 e. The van der Waals surface area contributed by atoms with Crippen LogP contribution in [0.15, 0.2) is 0 Å². The van der Waals surface area contributed by atoms with Crippen molar-refractivity contribution in [2.75, 3.05) is 45.6 Å². The minimum atomic E-state index is -3.39. The molecule has 2 amide bonds. The summed E-state index contributed by atoms with van der Waals surface area (Å²) in [5.41, 5.74) is 5.97. The molecule has 0 saturated carbocycles. The normalized spacial score (nSPS) is 19.6. The van der Waals surface area contributed by atoms with Crippen molar-refractivity contribution < 1.29 is 27.9 Å². The Morgan fingerprint density at radius 2 is 1.76 bits per heavy atom. The number of carbonyl (C=O) groups is 2. The van der Waals surface area contributed by atoms with E-state index in [4.69, 9.17) is 19.5 Å². The standard InChI is InChI=1S/C15H30N3O6P/c1-5-22-15(20)17-8-9-18(12(4)10-17)14(19)13(16)11-25(21,23-6-2)24-7-3/h12-13H,5-11,16H2,1-4H3/t12?,13-/m0/s1. The van der Waals surface area contributed by atoms with Crippen molar-refractivity contribution in [1.29, 1.82) is 0 Å². The van der Waals surface area contributed by atoms with Gasteiger partial charge in [0.25, 0.3) is 0 Å². The number of amides is 2. The fourth-order valence-corrected chi connectivity index (χ4v) is 4.44. The van der Waals surface area contributed by atoms with Gasteiger partial charge < -0.3 is 29.3 Å². The van der Waals surface area contributed by atoms with Gasteiger partial charge in [0.15, 0.2) is 0 Å². The highest BCUT2D eigenvalue weighted by Crippen LogP contribution is 2.48. The molecule has 9 nitrogen and oxygen atoms in total. The zero-order valence-corrected chi connectivity index (χ0v) is 16.4. The van der Waals surface area contributed by atoms with Crippen LogP contribution in [0.3, 0.4) is 0 Å². The lowest BCUT2D eigenvalue weighted by atomic mass is 10.1. The molecule has 0 aromatic carbocycles. The quantitative estimate of drug-likeness (QED) is 0.632. The predicted octanol–water partition coefficient (Wildman–Crippen LogP) is 1.27. The molecule has 0 aliphatic carbocycles. The van der Waals surface area contributed by atoms with E-state index in [0.29, 0.717) is 26.2 Å². The number of ether oxygens (including phenoxy) is 1. The van der Waals surface area contributed by atoms with Gasteiger partial charge in [0.2, 0.25) is 5.91 Å². The van der Waals surface area contributed by atoms with Crippen LogP contribution < -0.4 is 5.73 Å². The molecular weight excluding hydrogens is 349 g/mol. The lowest BCUT2D eigenvalue weighted by molar-refractivity contribution is -0.136. The summed E-state index contributed by atoms with van der Waals surface area (Å²) in [6.07, 6.45) is -0.554. The van der Waals surface area contributed by atoms with Gasteiger partial charge in [0.1, 0.15) is 0 Å². The number of nitrogens with two attached hydrogens (primary N) is 1. The van der Waals surface area contributed by atoms with Crippen molar-refractivity contribution in [3.63, 3.8) is 0 Å². The smallest absolute Gasteiger partial charge is 0.409 e. The van der Waals surface area contributed by atoms with Crippen LogP contribution in [0.2, 0.25) is 0 Å². The molecule has 10 heteroatoms. The molecule has 1 heterocycles. The third kappa shape index (κ3) is 6.26. The maximum absolute atomic E-state index is 12.6. The first-order chi connectivity index (χ1) is 11.8. The summed E-state index contributed by atoms with van der Waals surface area (Å²) in [6.45, 7) is 8.81. The van der Waals surface area contributed by atoms with E-state index < -0.39 is 13.6 Å². The first-order valence-corrected chi connectivity index (χ1v) is 10.4. The van der Waals surface area contributed by atoms with E-state index in [0.717, 1.165) is 0 Å². The van der Waals surface area contributed by atoms with Crippen molar-refractivity contribution in [2.24, 2.45) is 5.73 Å². The second kappa shape index (κ2) is 10.1. The third-order valence-corrected chi connectivity index (χ3v) is 5.97. The van der Waals surface area contributed by atoms with E-state index in [2.05, 4.69) is 0 Å². The predicted molar refractivity (Wildman–Crippen MR) is 93.5 cm³/mol. The molecule has 1 aliphatic heterocycles. The lowest BCUT2D eigenvalue weighted by Gasteiger charge is -2.40. The Balaban J connectivity index is 2.67. The SMILES string of the molecule is CCOC(=O)N1CCN(C(=O)[C@@H](N)CP(=O)(OCC)OCC)C(C)C1. The Hall–Kier alpha value is -1.15. The minimum absolute atomic E-state index is 0.168. The molecule has 1 unspecified atom stereocenters. The highest BCUT2D eigenvalue weighted by atomic mass is 31.2. The van der Waals surface area contributed by atoms with Crippen LogP contribution in [-0.2, 0) is 23.1 Å². The summed E-state index contributed by atoms with van der Waals surface area (Å²) in [6, 6.07) is -1.20. The Labute approximate surface area is 149 Å². The molecule has 0 aromatic heterocycles. The van der Waals surface area contributed by atoms with Gasteiger partial charge in [0.05, 0.1) is 32.0 Å². The highest BCUT2D eigenvalue weighted by molar-refractivity contribution is 7.53. The van der Waals surface area contributed by atoms with E-state index in [1.807, 2.05) is 6.92 Å². The molecule has 1 fully saturated rings. The number of nitrogens with zero attached hydrogens (tertiary/aromatic N) is 2. The number of hydrogen-bond donors (Lipinski definition) is 1. The maximum atomic E-state index is 12.6. The molecule has 25 heavy (non-hydrogen) atoms. The van der Waals surface area contributed by atoms with Crippen molar-refractivity contribution in [3.8, 4) is 0 Å². The van der Waals surface area contributed by atoms with Crippen molar-refractivity contribution in [1.82, 2.24) is 9.80 Å². The first kappa shape index (κ1) is 21.9. The Morgan fingerprint density at radius 1 is 1.16 bits per heavy atom. The van der Waals surface area contributed by atoms with Crippen molar-refractivity contribution >= 4 is 19.6 Å². The molecule has 1 aliphatic rings. The van der Waals surface area contributed by atoms with Gasteiger partial charge in [-0.3, -0.25) is 9.36 Å². The minimum Gasteiger partial charge on any atom is -0.450 e. The summed E-state index contributed by atoms with van der Waals surface area (Å²) < 4.78 is 27.9. The van der Waals surface area contributed by atoms with Crippen LogP contribution in [0, 0.1) is 0 Å². The van der Waals surface area contributed by atoms with E-state index >= 15 is 0 Å². The second-order valence-electron chi connectivity index (χ2n) is 5.76. The lowest BCUT2D eigenvalue weighted by Crippen LogP contribution is -2.59. The Morgan fingerprint density at radius 3 is 2.24 bits per heavy atom. The third-order valence-electron chi connectivity index (χ3n) is 3.83. The molecule has 0 aromatic rings. The van der Waals surface area contributed by atoms with Crippen LogP contribution in [-0.4, -0.2) is 79.5 Å². The average molecular weight is 379 g/mol. The molecule has 146 valence electrons.